The van der Waals surface area contributed by atoms with E-state index in [9.17, 15) is 4.79 Å². The largest absolute Gasteiger partial charge is 0.326 e. The highest BCUT2D eigenvalue weighted by Crippen LogP contribution is 2.19. The van der Waals surface area contributed by atoms with Crippen LogP contribution in [-0.2, 0) is 11.2 Å². The minimum absolute atomic E-state index is 0.0276. The van der Waals surface area contributed by atoms with E-state index in [4.69, 9.17) is 0 Å². The van der Waals surface area contributed by atoms with Gasteiger partial charge in [-0.25, -0.2) is 4.68 Å². The van der Waals surface area contributed by atoms with Gasteiger partial charge in [0.1, 0.15) is 0 Å². The highest BCUT2D eigenvalue weighted by atomic mass is 16.1. The van der Waals surface area contributed by atoms with Crippen molar-refractivity contribution in [1.29, 1.82) is 0 Å². The number of anilines is 1. The van der Waals surface area contributed by atoms with Crippen molar-refractivity contribution in [1.82, 2.24) is 9.78 Å². The van der Waals surface area contributed by atoms with Gasteiger partial charge < -0.3 is 5.32 Å². The van der Waals surface area contributed by atoms with Crippen LogP contribution < -0.4 is 5.32 Å². The molecule has 0 aliphatic heterocycles. The number of para-hydroxylation sites is 2. The molecule has 0 bridgehead atoms. The molecule has 0 saturated carbocycles. The Balaban J connectivity index is 1.60. The summed E-state index contributed by atoms with van der Waals surface area (Å²) in [7, 11) is 0. The number of amides is 1. The quantitative estimate of drug-likeness (QED) is 0.771. The van der Waals surface area contributed by atoms with Gasteiger partial charge in [0.2, 0.25) is 5.91 Å². The van der Waals surface area contributed by atoms with Gasteiger partial charge in [-0.3, -0.25) is 4.79 Å². The fourth-order valence-electron chi connectivity index (χ4n) is 2.68. The molecular formula is C20H21N3O. The smallest absolute Gasteiger partial charge is 0.224 e. The van der Waals surface area contributed by atoms with Gasteiger partial charge in [0.25, 0.3) is 0 Å². The molecule has 3 aromatic rings. The molecule has 3 rings (SSSR count). The first-order chi connectivity index (χ1) is 11.6. The molecule has 0 atom stereocenters. The van der Waals surface area contributed by atoms with E-state index in [1.165, 1.54) is 0 Å². The van der Waals surface area contributed by atoms with Crippen molar-refractivity contribution in [3.8, 4) is 5.69 Å². The number of carbonyl (C=O) groups excluding carboxylic acids is 1. The number of rotatable bonds is 5. The number of aryl methyl sites for hydroxylation is 3. The van der Waals surface area contributed by atoms with Gasteiger partial charge in [0.15, 0.2) is 0 Å². The Hall–Kier alpha value is -2.88. The van der Waals surface area contributed by atoms with E-state index in [1.54, 1.807) is 0 Å². The molecule has 1 heterocycles. The lowest BCUT2D eigenvalue weighted by Gasteiger charge is -2.11. The summed E-state index contributed by atoms with van der Waals surface area (Å²) in [5.74, 6) is 0.0276. The topological polar surface area (TPSA) is 46.9 Å². The fraction of sp³-hybridized carbons (Fsp3) is 0.200. The average molecular weight is 319 g/mol. The Kier molecular flexibility index (Phi) is 4.75. The van der Waals surface area contributed by atoms with Crippen LogP contribution in [0, 0.1) is 13.8 Å². The van der Waals surface area contributed by atoms with E-state index < -0.39 is 0 Å². The zero-order valence-electron chi connectivity index (χ0n) is 14.0. The molecule has 1 aromatic heterocycles. The van der Waals surface area contributed by atoms with Gasteiger partial charge in [0, 0.05) is 18.3 Å². The summed E-state index contributed by atoms with van der Waals surface area (Å²) in [6.45, 7) is 4.01. The second kappa shape index (κ2) is 7.13. The van der Waals surface area contributed by atoms with Crippen molar-refractivity contribution in [2.75, 3.05) is 5.32 Å². The Labute approximate surface area is 142 Å². The molecule has 4 heteroatoms. The summed E-state index contributed by atoms with van der Waals surface area (Å²) in [5, 5.41) is 7.38. The van der Waals surface area contributed by atoms with Crippen molar-refractivity contribution in [2.45, 2.75) is 26.7 Å². The summed E-state index contributed by atoms with van der Waals surface area (Å²) in [6.07, 6.45) is 4.90. The highest BCUT2D eigenvalue weighted by molar-refractivity contribution is 5.92. The maximum absolute atomic E-state index is 12.2. The van der Waals surface area contributed by atoms with Crippen molar-refractivity contribution in [3.63, 3.8) is 0 Å². The second-order valence-corrected chi connectivity index (χ2v) is 5.94. The molecule has 0 aliphatic rings. The molecule has 1 N–H and O–H groups in total. The number of nitrogens with zero attached hydrogens (tertiary/aromatic N) is 2. The van der Waals surface area contributed by atoms with Crippen LogP contribution in [0.3, 0.4) is 0 Å². The average Bonchev–Trinajstić information content (AvgIpc) is 3.06. The molecule has 0 saturated heterocycles. The van der Waals surface area contributed by atoms with Gasteiger partial charge >= 0.3 is 0 Å². The van der Waals surface area contributed by atoms with Crippen LogP contribution in [0.25, 0.3) is 5.69 Å². The summed E-state index contributed by atoms with van der Waals surface area (Å²) >= 11 is 0. The molecule has 0 radical (unpaired) electrons. The SMILES string of the molecule is Cc1cccc(C)c1NC(=O)CCc1cnn(-c2ccccc2)c1. The molecule has 2 aromatic carbocycles. The van der Waals surface area contributed by atoms with Crippen LogP contribution in [0.15, 0.2) is 60.9 Å². The normalized spacial score (nSPS) is 10.6. The number of aromatic nitrogens is 2. The standard InChI is InChI=1S/C20H21N3O/c1-15-7-6-8-16(2)20(15)22-19(24)12-11-17-13-21-23(14-17)18-9-4-3-5-10-18/h3-10,13-14H,11-12H2,1-2H3,(H,22,24). The van der Waals surface area contributed by atoms with Crippen molar-refractivity contribution in [2.24, 2.45) is 0 Å². The van der Waals surface area contributed by atoms with Crippen LogP contribution >= 0.6 is 0 Å². The highest BCUT2D eigenvalue weighted by Gasteiger charge is 2.08. The molecule has 0 spiro atoms. The predicted octanol–water partition coefficient (Wildman–Crippen LogP) is 4.06. The third-order valence-corrected chi connectivity index (χ3v) is 4.04. The molecule has 24 heavy (non-hydrogen) atoms. The minimum Gasteiger partial charge on any atom is -0.326 e. The number of carbonyl (C=O) groups is 1. The zero-order valence-corrected chi connectivity index (χ0v) is 14.0. The molecule has 0 aliphatic carbocycles. The molecule has 0 fully saturated rings. The van der Waals surface area contributed by atoms with Gasteiger partial charge in [-0.15, -0.1) is 0 Å². The molecule has 1 amide bonds. The lowest BCUT2D eigenvalue weighted by Crippen LogP contribution is -2.14. The van der Waals surface area contributed by atoms with Crippen LogP contribution in [0.5, 0.6) is 0 Å². The third-order valence-electron chi connectivity index (χ3n) is 4.04. The maximum Gasteiger partial charge on any atom is 0.224 e. The van der Waals surface area contributed by atoms with Crippen molar-refractivity contribution >= 4 is 11.6 Å². The van der Waals surface area contributed by atoms with Crippen molar-refractivity contribution < 1.29 is 4.79 Å². The van der Waals surface area contributed by atoms with E-state index in [1.807, 2.05) is 79.5 Å². The minimum atomic E-state index is 0.0276. The Morgan fingerprint density at radius 2 is 1.75 bits per heavy atom. The monoisotopic (exact) mass is 319 g/mol. The number of benzene rings is 2. The first-order valence-electron chi connectivity index (χ1n) is 8.08. The summed E-state index contributed by atoms with van der Waals surface area (Å²) < 4.78 is 1.83. The Morgan fingerprint density at radius 3 is 2.46 bits per heavy atom. The zero-order chi connectivity index (χ0) is 16.9. The van der Waals surface area contributed by atoms with Gasteiger partial charge in [-0.1, -0.05) is 36.4 Å². The maximum atomic E-state index is 12.2. The lowest BCUT2D eigenvalue weighted by atomic mass is 10.1. The lowest BCUT2D eigenvalue weighted by molar-refractivity contribution is -0.116. The molecule has 4 nitrogen and oxygen atoms in total. The van der Waals surface area contributed by atoms with E-state index >= 15 is 0 Å². The Morgan fingerprint density at radius 1 is 1.04 bits per heavy atom. The van der Waals surface area contributed by atoms with Gasteiger partial charge in [-0.2, -0.15) is 5.10 Å². The predicted molar refractivity (Wildman–Crippen MR) is 96.4 cm³/mol. The molecule has 122 valence electrons. The summed E-state index contributed by atoms with van der Waals surface area (Å²) in [4.78, 5) is 12.2. The van der Waals surface area contributed by atoms with Crippen molar-refractivity contribution in [3.05, 3.63) is 77.6 Å². The van der Waals surface area contributed by atoms with Crippen LogP contribution in [0.4, 0.5) is 5.69 Å². The second-order valence-electron chi connectivity index (χ2n) is 5.94. The summed E-state index contributed by atoms with van der Waals surface area (Å²) in [6, 6.07) is 16.0. The van der Waals surface area contributed by atoms with Crippen LogP contribution in [0.2, 0.25) is 0 Å². The first-order valence-corrected chi connectivity index (χ1v) is 8.08. The van der Waals surface area contributed by atoms with Gasteiger partial charge in [-0.05, 0) is 49.1 Å². The fourth-order valence-corrected chi connectivity index (χ4v) is 2.68. The van der Waals surface area contributed by atoms with Crippen LogP contribution in [0.1, 0.15) is 23.1 Å². The number of hydrogen-bond acceptors (Lipinski definition) is 2. The first kappa shape index (κ1) is 16.0. The van der Waals surface area contributed by atoms with E-state index in [-0.39, 0.29) is 5.91 Å². The third kappa shape index (κ3) is 3.71. The Bertz CT molecular complexity index is 817. The van der Waals surface area contributed by atoms with Crippen LogP contribution in [-0.4, -0.2) is 15.7 Å². The molecule has 0 unspecified atom stereocenters. The number of hydrogen-bond donors (Lipinski definition) is 1. The van der Waals surface area contributed by atoms with E-state index in [0.29, 0.717) is 12.8 Å². The van der Waals surface area contributed by atoms with Gasteiger partial charge in [0.05, 0.1) is 11.9 Å². The van der Waals surface area contributed by atoms with E-state index in [2.05, 4.69) is 10.4 Å². The summed E-state index contributed by atoms with van der Waals surface area (Å²) in [5.41, 5.74) is 5.15. The molecular weight excluding hydrogens is 298 g/mol. The number of nitrogens with one attached hydrogen (secondary N) is 1. The van der Waals surface area contributed by atoms with E-state index in [0.717, 1.165) is 28.1 Å².